The van der Waals surface area contributed by atoms with E-state index >= 15 is 0 Å². The Bertz CT molecular complexity index is 896. The van der Waals surface area contributed by atoms with E-state index in [1.165, 1.54) is 12.0 Å². The van der Waals surface area contributed by atoms with Crippen LogP contribution in [0.3, 0.4) is 0 Å². The number of ether oxygens (including phenoxy) is 3. The molecule has 0 radical (unpaired) electrons. The van der Waals surface area contributed by atoms with E-state index in [1.807, 2.05) is 27.7 Å². The molecule has 9 nitrogen and oxygen atoms in total. The van der Waals surface area contributed by atoms with Gasteiger partial charge < -0.3 is 29.0 Å². The number of halogens is 1. The van der Waals surface area contributed by atoms with E-state index in [2.05, 4.69) is 10.0 Å². The molecular weight excluding hydrogens is 494 g/mol. The normalized spacial score (nSPS) is 16.3. The van der Waals surface area contributed by atoms with Gasteiger partial charge >= 0.3 is 6.09 Å². The first-order valence-electron chi connectivity index (χ1n) is 11.5. The second-order valence-electron chi connectivity index (χ2n) is 10.6. The summed E-state index contributed by atoms with van der Waals surface area (Å²) in [4.78, 5) is 26.5. The van der Waals surface area contributed by atoms with E-state index < -0.39 is 33.8 Å². The second-order valence-corrected chi connectivity index (χ2v) is 13.0. The van der Waals surface area contributed by atoms with Gasteiger partial charge in [-0.1, -0.05) is 11.6 Å². The molecule has 2 amide bonds. The third-order valence-electron chi connectivity index (χ3n) is 5.19. The smallest absolute Gasteiger partial charge is 0.410 e. The van der Waals surface area contributed by atoms with E-state index in [0.29, 0.717) is 16.3 Å². The molecule has 0 aliphatic carbocycles. The summed E-state index contributed by atoms with van der Waals surface area (Å²) in [6, 6.07) is 2.99. The maximum absolute atomic E-state index is 12.9. The van der Waals surface area contributed by atoms with Crippen LogP contribution < -0.4 is 14.8 Å². The molecule has 2 atom stereocenters. The van der Waals surface area contributed by atoms with Gasteiger partial charge in [-0.05, 0) is 66.2 Å². The lowest BCUT2D eigenvalue weighted by Gasteiger charge is -2.39. The molecule has 2 N–H and O–H groups in total. The lowest BCUT2D eigenvalue weighted by Crippen LogP contribution is -2.57. The van der Waals surface area contributed by atoms with Crippen LogP contribution in [0.5, 0.6) is 5.75 Å². The molecule has 1 fully saturated rings. The van der Waals surface area contributed by atoms with E-state index in [4.69, 9.17) is 25.8 Å². The second kappa shape index (κ2) is 12.0. The van der Waals surface area contributed by atoms with Crippen molar-refractivity contribution in [3.05, 3.63) is 28.3 Å². The zero-order valence-corrected chi connectivity index (χ0v) is 23.4. The Morgan fingerprint density at radius 3 is 2.40 bits per heavy atom. The van der Waals surface area contributed by atoms with Gasteiger partial charge in [-0.25, -0.2) is 4.79 Å². The van der Waals surface area contributed by atoms with Crippen LogP contribution in [-0.4, -0.2) is 65.3 Å². The van der Waals surface area contributed by atoms with Crippen molar-refractivity contribution < 1.29 is 28.4 Å². The Kier molecular flexibility index (Phi) is 10.1. The number of nitrogens with one attached hydrogen (secondary N) is 2. The highest BCUT2D eigenvalue weighted by atomic mass is 35.5. The third kappa shape index (κ3) is 8.71. The predicted octanol–water partition coefficient (Wildman–Crippen LogP) is 3.71. The van der Waals surface area contributed by atoms with E-state index in [1.54, 1.807) is 32.9 Å². The number of nitrogens with zero attached hydrogens (tertiary/aromatic N) is 1. The van der Waals surface area contributed by atoms with Gasteiger partial charge in [-0.3, -0.25) is 4.79 Å². The van der Waals surface area contributed by atoms with Gasteiger partial charge in [0.2, 0.25) is 5.91 Å². The number of carbonyl (C=O) groups is 2. The first kappa shape index (κ1) is 29.5. The highest BCUT2D eigenvalue weighted by molar-refractivity contribution is 7.90. The van der Waals surface area contributed by atoms with Gasteiger partial charge in [0.15, 0.2) is 6.79 Å². The van der Waals surface area contributed by atoms with Crippen LogP contribution in [0.1, 0.15) is 58.7 Å². The van der Waals surface area contributed by atoms with Gasteiger partial charge in [0, 0.05) is 48.7 Å². The molecule has 2 unspecified atom stereocenters. The largest absolute Gasteiger partial charge is 0.598 e. The van der Waals surface area contributed by atoms with Gasteiger partial charge in [0.05, 0.1) is 12.0 Å². The molecular formula is C24H38ClN3O6S. The topological polar surface area (TPSA) is 112 Å². The van der Waals surface area contributed by atoms with Gasteiger partial charge in [-0.2, -0.15) is 0 Å². The summed E-state index contributed by atoms with van der Waals surface area (Å²) in [6.07, 6.45) is -0.434. The molecule has 1 aromatic carbocycles. The van der Waals surface area contributed by atoms with Crippen molar-refractivity contribution in [3.63, 3.8) is 0 Å². The van der Waals surface area contributed by atoms with Crippen molar-refractivity contribution in [1.29, 1.82) is 0 Å². The van der Waals surface area contributed by atoms with E-state index in [9.17, 15) is 14.1 Å². The molecule has 1 heterocycles. The Morgan fingerprint density at radius 1 is 1.23 bits per heavy atom. The molecule has 1 aromatic rings. The summed E-state index contributed by atoms with van der Waals surface area (Å²) in [7, 11) is 1.52. The van der Waals surface area contributed by atoms with Crippen molar-refractivity contribution in [1.82, 2.24) is 14.9 Å². The van der Waals surface area contributed by atoms with Crippen molar-refractivity contribution in [3.8, 4) is 5.75 Å². The fourth-order valence-corrected chi connectivity index (χ4v) is 4.17. The SMILES string of the molecule is COCOc1cc(C)c(Cl)cc1C(CNC(=O)C1CN(C(=O)OC(C)(C)C)C1)N[S+]([O-])C(C)(C)C. The van der Waals surface area contributed by atoms with Crippen LogP contribution >= 0.6 is 11.6 Å². The molecule has 0 saturated carbocycles. The maximum atomic E-state index is 12.9. The van der Waals surface area contributed by atoms with Crippen LogP contribution in [-0.2, 0) is 25.6 Å². The number of methoxy groups -OCH3 is 1. The molecule has 198 valence electrons. The fourth-order valence-electron chi connectivity index (χ4n) is 3.18. The number of likely N-dealkylation sites (tertiary alicyclic amines) is 1. The average molecular weight is 532 g/mol. The Hall–Kier alpha value is -1.72. The molecule has 35 heavy (non-hydrogen) atoms. The Balaban J connectivity index is 2.13. The monoisotopic (exact) mass is 531 g/mol. The van der Waals surface area contributed by atoms with Gasteiger partial charge in [0.25, 0.3) is 0 Å². The summed E-state index contributed by atoms with van der Waals surface area (Å²) in [6.45, 7) is 13.6. The molecule has 2 rings (SSSR count). The summed E-state index contributed by atoms with van der Waals surface area (Å²) < 4.78 is 31.7. The highest BCUT2D eigenvalue weighted by Gasteiger charge is 2.38. The molecule has 11 heteroatoms. The minimum absolute atomic E-state index is 0.0259. The van der Waals surface area contributed by atoms with Crippen molar-refractivity contribution >= 4 is 35.0 Å². The van der Waals surface area contributed by atoms with E-state index in [0.717, 1.165) is 5.56 Å². The molecule has 1 aliphatic rings. The molecule has 0 bridgehead atoms. The highest BCUT2D eigenvalue weighted by Crippen LogP contribution is 2.33. The summed E-state index contributed by atoms with van der Waals surface area (Å²) in [5, 5.41) is 3.45. The van der Waals surface area contributed by atoms with Crippen molar-refractivity contribution in [2.75, 3.05) is 33.5 Å². The Labute approximate surface area is 216 Å². The standard InChI is InChI=1S/C24H38ClN3O6S/c1-15-9-20(33-14-32-8)17(10-18(15)25)19(27-35(31)24(5,6)7)11-26-21(29)16-12-28(13-16)22(30)34-23(2,3)4/h9-10,16,19,27H,11-14H2,1-8H3,(H,26,29). The average Bonchev–Trinajstić information content (AvgIpc) is 2.68. The van der Waals surface area contributed by atoms with Crippen LogP contribution in [0.2, 0.25) is 5.02 Å². The number of amides is 2. The van der Waals surface area contributed by atoms with Gasteiger partial charge in [-0.15, -0.1) is 4.72 Å². The predicted molar refractivity (Wildman–Crippen MR) is 137 cm³/mol. The van der Waals surface area contributed by atoms with Crippen LogP contribution in [0, 0.1) is 12.8 Å². The van der Waals surface area contributed by atoms with Crippen LogP contribution in [0.4, 0.5) is 4.79 Å². The van der Waals surface area contributed by atoms with Crippen molar-refractivity contribution in [2.45, 2.75) is 64.9 Å². The Morgan fingerprint density at radius 2 is 1.86 bits per heavy atom. The number of carbonyl (C=O) groups excluding carboxylic acids is 2. The molecule has 0 aromatic heterocycles. The zero-order chi connectivity index (χ0) is 26.6. The van der Waals surface area contributed by atoms with Crippen LogP contribution in [0.15, 0.2) is 12.1 Å². The molecule has 0 spiro atoms. The minimum atomic E-state index is -1.43. The fraction of sp³-hybridized carbons (Fsp3) is 0.667. The number of hydrogen-bond acceptors (Lipinski definition) is 7. The summed E-state index contributed by atoms with van der Waals surface area (Å²) in [5.41, 5.74) is 0.877. The third-order valence-corrected chi connectivity index (χ3v) is 7.21. The minimum Gasteiger partial charge on any atom is -0.598 e. The summed E-state index contributed by atoms with van der Waals surface area (Å²) in [5.74, 6) is -0.0241. The zero-order valence-electron chi connectivity index (χ0n) is 21.8. The quantitative estimate of drug-likeness (QED) is 0.369. The van der Waals surface area contributed by atoms with Crippen LogP contribution in [0.25, 0.3) is 0 Å². The van der Waals surface area contributed by atoms with E-state index in [-0.39, 0.29) is 38.3 Å². The first-order valence-corrected chi connectivity index (χ1v) is 13.0. The first-order chi connectivity index (χ1) is 16.1. The maximum Gasteiger partial charge on any atom is 0.410 e. The molecule has 1 saturated heterocycles. The number of benzene rings is 1. The molecule has 1 aliphatic heterocycles. The lowest BCUT2D eigenvalue weighted by molar-refractivity contribution is -0.129. The number of hydrogen-bond donors (Lipinski definition) is 2. The summed E-state index contributed by atoms with van der Waals surface area (Å²) >= 11 is 4.97. The lowest BCUT2D eigenvalue weighted by atomic mass is 9.99. The van der Waals surface area contributed by atoms with Crippen molar-refractivity contribution in [2.24, 2.45) is 5.92 Å². The van der Waals surface area contributed by atoms with Gasteiger partial charge in [0.1, 0.15) is 16.1 Å². The number of rotatable bonds is 9. The number of aryl methyl sites for hydroxylation is 1.